The molecule has 0 aromatic rings. The molecule has 0 aliphatic carbocycles. The van der Waals surface area contributed by atoms with E-state index in [4.69, 9.17) is 5.14 Å². The molecule has 14 heavy (non-hydrogen) atoms. The van der Waals surface area contributed by atoms with Crippen LogP contribution < -0.4 is 10.5 Å². The highest BCUT2D eigenvalue weighted by atomic mass is 32.2. The number of hydrogen-bond acceptors (Lipinski definition) is 3. The molecular weight excluding hydrogens is 192 g/mol. The molecule has 3 heteroatoms. The first-order valence-electron chi connectivity index (χ1n) is 4.84. The van der Waals surface area contributed by atoms with E-state index in [-0.39, 0.29) is 0 Å². The van der Waals surface area contributed by atoms with E-state index in [2.05, 4.69) is 31.5 Å². The van der Waals surface area contributed by atoms with Crippen molar-refractivity contribution in [2.75, 3.05) is 6.54 Å². The summed E-state index contributed by atoms with van der Waals surface area (Å²) in [5, 5.41) is 9.74. The van der Waals surface area contributed by atoms with Crippen LogP contribution in [0.1, 0.15) is 19.8 Å². The lowest BCUT2D eigenvalue weighted by molar-refractivity contribution is 0.715. The maximum atomic E-state index is 5.52. The normalized spacial score (nSPS) is 13.4. The van der Waals surface area contributed by atoms with Crippen LogP contribution in [0.25, 0.3) is 0 Å². The van der Waals surface area contributed by atoms with E-state index < -0.39 is 0 Å². The minimum Gasteiger partial charge on any atom is -0.379 e. The van der Waals surface area contributed by atoms with Gasteiger partial charge in [-0.3, -0.25) is 5.14 Å². The monoisotopic (exact) mass is 212 g/mol. The van der Waals surface area contributed by atoms with Gasteiger partial charge in [-0.1, -0.05) is 12.2 Å². The minimum atomic E-state index is 0.373. The summed E-state index contributed by atoms with van der Waals surface area (Å²) < 4.78 is 0. The van der Waals surface area contributed by atoms with Gasteiger partial charge in [-0.2, -0.15) is 0 Å². The van der Waals surface area contributed by atoms with Crippen molar-refractivity contribution in [3.8, 4) is 0 Å². The smallest absolute Gasteiger partial charge is 0.0797 e. The van der Waals surface area contributed by atoms with Gasteiger partial charge in [0.05, 0.1) is 5.03 Å². The standard InChI is InChI=1S/C11H20N2S/c1-4-7-8-10(5-2)9-11(14-12)13-6-3/h4-5,9-10,13H,1-2,6-8,12H2,3H3/b11-9+. The molecule has 0 fully saturated rings. The Morgan fingerprint density at radius 1 is 1.57 bits per heavy atom. The lowest BCUT2D eigenvalue weighted by Crippen LogP contribution is -2.12. The Morgan fingerprint density at radius 3 is 2.71 bits per heavy atom. The van der Waals surface area contributed by atoms with Gasteiger partial charge in [0.15, 0.2) is 0 Å². The van der Waals surface area contributed by atoms with E-state index in [1.165, 1.54) is 11.9 Å². The highest BCUT2D eigenvalue weighted by Gasteiger charge is 2.01. The van der Waals surface area contributed by atoms with Crippen molar-refractivity contribution >= 4 is 11.9 Å². The first kappa shape index (κ1) is 13.3. The van der Waals surface area contributed by atoms with Crippen molar-refractivity contribution in [2.45, 2.75) is 19.8 Å². The number of nitrogens with two attached hydrogens (primary N) is 1. The molecule has 0 aromatic heterocycles. The van der Waals surface area contributed by atoms with E-state index in [0.29, 0.717) is 5.92 Å². The first-order valence-corrected chi connectivity index (χ1v) is 5.72. The zero-order chi connectivity index (χ0) is 10.8. The Balaban J connectivity index is 4.20. The van der Waals surface area contributed by atoms with E-state index in [0.717, 1.165) is 24.4 Å². The number of nitrogens with one attached hydrogen (secondary N) is 1. The van der Waals surface area contributed by atoms with Crippen molar-refractivity contribution in [3.63, 3.8) is 0 Å². The van der Waals surface area contributed by atoms with Crippen LogP contribution in [0.2, 0.25) is 0 Å². The predicted octanol–water partition coefficient (Wildman–Crippen LogP) is 2.81. The van der Waals surface area contributed by atoms with Gasteiger partial charge < -0.3 is 5.32 Å². The fourth-order valence-corrected chi connectivity index (χ4v) is 1.57. The highest BCUT2D eigenvalue weighted by molar-refractivity contribution is 8.00. The third kappa shape index (κ3) is 5.89. The van der Waals surface area contributed by atoms with Crippen molar-refractivity contribution in [2.24, 2.45) is 11.1 Å². The van der Waals surface area contributed by atoms with E-state index in [1.807, 2.05) is 12.2 Å². The zero-order valence-electron chi connectivity index (χ0n) is 8.83. The summed E-state index contributed by atoms with van der Waals surface area (Å²) in [5.74, 6) is 0.373. The van der Waals surface area contributed by atoms with Gasteiger partial charge in [0.2, 0.25) is 0 Å². The summed E-state index contributed by atoms with van der Waals surface area (Å²) in [4.78, 5) is 0. The van der Waals surface area contributed by atoms with Gasteiger partial charge in [-0.15, -0.1) is 13.2 Å². The lowest BCUT2D eigenvalue weighted by Gasteiger charge is -2.10. The zero-order valence-corrected chi connectivity index (χ0v) is 9.65. The predicted molar refractivity (Wildman–Crippen MR) is 66.7 cm³/mol. The molecule has 0 aromatic carbocycles. The van der Waals surface area contributed by atoms with Gasteiger partial charge in [-0.25, -0.2) is 0 Å². The molecule has 0 amide bonds. The molecule has 3 N–H and O–H groups in total. The van der Waals surface area contributed by atoms with Crippen LogP contribution in [-0.2, 0) is 0 Å². The number of rotatable bonds is 8. The van der Waals surface area contributed by atoms with E-state index >= 15 is 0 Å². The third-order valence-electron chi connectivity index (χ3n) is 1.85. The van der Waals surface area contributed by atoms with Crippen LogP contribution in [0.5, 0.6) is 0 Å². The Morgan fingerprint density at radius 2 is 2.29 bits per heavy atom. The summed E-state index contributed by atoms with van der Waals surface area (Å²) in [7, 11) is 0. The second kappa shape index (κ2) is 8.91. The average molecular weight is 212 g/mol. The summed E-state index contributed by atoms with van der Waals surface area (Å²) in [6.07, 6.45) is 8.03. The first-order chi connectivity index (χ1) is 6.78. The summed E-state index contributed by atoms with van der Waals surface area (Å²) in [6, 6.07) is 0. The molecule has 0 saturated carbocycles. The molecule has 80 valence electrons. The molecule has 1 atom stereocenters. The Labute approximate surface area is 91.5 Å². The molecule has 0 bridgehead atoms. The Bertz CT molecular complexity index is 199. The van der Waals surface area contributed by atoms with Crippen LogP contribution >= 0.6 is 11.9 Å². The van der Waals surface area contributed by atoms with Gasteiger partial charge in [0, 0.05) is 6.54 Å². The topological polar surface area (TPSA) is 38.0 Å². The maximum absolute atomic E-state index is 5.52. The molecule has 0 saturated heterocycles. The van der Waals surface area contributed by atoms with Crippen molar-refractivity contribution in [3.05, 3.63) is 36.4 Å². The Hall–Kier alpha value is -0.670. The van der Waals surface area contributed by atoms with Crippen molar-refractivity contribution < 1.29 is 0 Å². The van der Waals surface area contributed by atoms with Crippen LogP contribution in [0, 0.1) is 5.92 Å². The molecule has 0 radical (unpaired) electrons. The highest BCUT2D eigenvalue weighted by Crippen LogP contribution is 2.15. The molecule has 0 heterocycles. The third-order valence-corrected chi connectivity index (χ3v) is 2.38. The molecule has 0 spiro atoms. The van der Waals surface area contributed by atoms with Crippen molar-refractivity contribution in [1.82, 2.24) is 5.32 Å². The van der Waals surface area contributed by atoms with E-state index in [1.54, 1.807) is 0 Å². The minimum absolute atomic E-state index is 0.373. The molecule has 0 aliphatic heterocycles. The second-order valence-electron chi connectivity index (χ2n) is 2.94. The summed E-state index contributed by atoms with van der Waals surface area (Å²) >= 11 is 1.25. The van der Waals surface area contributed by atoms with E-state index in [9.17, 15) is 0 Å². The average Bonchev–Trinajstić information content (AvgIpc) is 2.22. The summed E-state index contributed by atoms with van der Waals surface area (Å²) in [6.45, 7) is 10.4. The fourth-order valence-electron chi connectivity index (χ4n) is 1.09. The van der Waals surface area contributed by atoms with Crippen molar-refractivity contribution in [1.29, 1.82) is 0 Å². The van der Waals surface area contributed by atoms with Crippen LogP contribution in [-0.4, -0.2) is 6.54 Å². The summed E-state index contributed by atoms with van der Waals surface area (Å²) in [5.41, 5.74) is 0. The van der Waals surface area contributed by atoms with Crippen LogP contribution in [0.15, 0.2) is 36.4 Å². The lowest BCUT2D eigenvalue weighted by atomic mass is 10.0. The van der Waals surface area contributed by atoms with Gasteiger partial charge in [0.1, 0.15) is 0 Å². The molecule has 0 aliphatic rings. The van der Waals surface area contributed by atoms with Crippen LogP contribution in [0.3, 0.4) is 0 Å². The van der Waals surface area contributed by atoms with Gasteiger partial charge in [0.25, 0.3) is 0 Å². The van der Waals surface area contributed by atoms with Crippen LogP contribution in [0.4, 0.5) is 0 Å². The Kier molecular flexibility index (Phi) is 8.48. The number of hydrogen-bond donors (Lipinski definition) is 2. The molecule has 2 nitrogen and oxygen atoms in total. The molecule has 1 unspecified atom stereocenters. The maximum Gasteiger partial charge on any atom is 0.0797 e. The fraction of sp³-hybridized carbons (Fsp3) is 0.455. The molecular formula is C11H20N2S. The number of allylic oxidation sites excluding steroid dienone is 3. The van der Waals surface area contributed by atoms with Gasteiger partial charge >= 0.3 is 0 Å². The van der Waals surface area contributed by atoms with Gasteiger partial charge in [-0.05, 0) is 43.7 Å². The SMILES string of the molecule is C=CCCC(C=C)/C=C(\NCC)SN. The second-order valence-corrected chi connectivity index (χ2v) is 3.62. The largest absolute Gasteiger partial charge is 0.379 e. The molecule has 0 rings (SSSR count). The quantitative estimate of drug-likeness (QED) is 0.480.